The fraction of sp³-hybridized carbons (Fsp3) is 0.250. The SMILES string of the molecule is COc1ccc(-c2nc(Br)cs2)c(C)c1C. The van der Waals surface area contributed by atoms with Crippen LogP contribution in [0.4, 0.5) is 0 Å². The van der Waals surface area contributed by atoms with Crippen LogP contribution in [-0.2, 0) is 0 Å². The average molecular weight is 298 g/mol. The van der Waals surface area contributed by atoms with Crippen LogP contribution in [0, 0.1) is 13.8 Å². The minimum absolute atomic E-state index is 0.889. The third-order valence-electron chi connectivity index (χ3n) is 2.66. The predicted molar refractivity (Wildman–Crippen MR) is 71.3 cm³/mol. The third kappa shape index (κ3) is 1.99. The van der Waals surface area contributed by atoms with E-state index in [1.54, 1.807) is 18.4 Å². The lowest BCUT2D eigenvalue weighted by atomic mass is 10.0. The summed E-state index contributed by atoms with van der Waals surface area (Å²) in [5.74, 6) is 0.928. The first-order valence-electron chi connectivity index (χ1n) is 4.89. The molecular formula is C12H12BrNOS. The number of methoxy groups -OCH3 is 1. The first-order valence-corrected chi connectivity index (χ1v) is 6.56. The van der Waals surface area contributed by atoms with Gasteiger partial charge in [0.1, 0.15) is 15.4 Å². The second-order valence-corrected chi connectivity index (χ2v) is 5.21. The normalized spacial score (nSPS) is 10.5. The molecule has 1 heterocycles. The van der Waals surface area contributed by atoms with Gasteiger partial charge in [0, 0.05) is 10.9 Å². The highest BCUT2D eigenvalue weighted by Crippen LogP contribution is 2.33. The van der Waals surface area contributed by atoms with E-state index in [1.165, 1.54) is 16.7 Å². The number of ether oxygens (including phenoxy) is 1. The number of hydrogen-bond acceptors (Lipinski definition) is 3. The second-order valence-electron chi connectivity index (χ2n) is 3.54. The monoisotopic (exact) mass is 297 g/mol. The highest BCUT2D eigenvalue weighted by Gasteiger charge is 2.10. The van der Waals surface area contributed by atoms with Gasteiger partial charge in [0.2, 0.25) is 0 Å². The van der Waals surface area contributed by atoms with Gasteiger partial charge in [-0.3, -0.25) is 0 Å². The maximum Gasteiger partial charge on any atom is 0.124 e. The molecule has 2 rings (SSSR count). The molecular weight excluding hydrogens is 286 g/mol. The summed E-state index contributed by atoms with van der Waals surface area (Å²) in [7, 11) is 1.70. The molecule has 16 heavy (non-hydrogen) atoms. The van der Waals surface area contributed by atoms with Crippen LogP contribution in [0.15, 0.2) is 22.1 Å². The van der Waals surface area contributed by atoms with E-state index in [0.29, 0.717) is 0 Å². The minimum Gasteiger partial charge on any atom is -0.496 e. The molecule has 0 aliphatic heterocycles. The van der Waals surface area contributed by atoms with Crippen molar-refractivity contribution in [2.24, 2.45) is 0 Å². The largest absolute Gasteiger partial charge is 0.496 e. The van der Waals surface area contributed by atoms with Crippen molar-refractivity contribution in [2.75, 3.05) is 7.11 Å². The smallest absolute Gasteiger partial charge is 0.124 e. The molecule has 0 saturated carbocycles. The van der Waals surface area contributed by atoms with Gasteiger partial charge in [0.15, 0.2) is 0 Å². The Labute approximate surface area is 107 Å². The molecule has 0 N–H and O–H groups in total. The van der Waals surface area contributed by atoms with E-state index in [-0.39, 0.29) is 0 Å². The van der Waals surface area contributed by atoms with E-state index >= 15 is 0 Å². The zero-order chi connectivity index (χ0) is 11.7. The number of nitrogens with zero attached hydrogens (tertiary/aromatic N) is 1. The molecule has 0 spiro atoms. The highest BCUT2D eigenvalue weighted by molar-refractivity contribution is 9.10. The Kier molecular flexibility index (Phi) is 3.30. The van der Waals surface area contributed by atoms with E-state index in [1.807, 2.05) is 11.4 Å². The van der Waals surface area contributed by atoms with Gasteiger partial charge in [0.05, 0.1) is 7.11 Å². The molecule has 4 heteroatoms. The van der Waals surface area contributed by atoms with Crippen molar-refractivity contribution in [3.8, 4) is 16.3 Å². The first-order chi connectivity index (χ1) is 7.63. The van der Waals surface area contributed by atoms with Crippen LogP contribution >= 0.6 is 27.3 Å². The molecule has 0 radical (unpaired) electrons. The molecule has 0 amide bonds. The van der Waals surface area contributed by atoms with Crippen LogP contribution in [0.3, 0.4) is 0 Å². The van der Waals surface area contributed by atoms with Gasteiger partial charge in [-0.25, -0.2) is 4.98 Å². The van der Waals surface area contributed by atoms with Crippen molar-refractivity contribution in [2.45, 2.75) is 13.8 Å². The van der Waals surface area contributed by atoms with E-state index in [4.69, 9.17) is 4.74 Å². The first kappa shape index (κ1) is 11.6. The zero-order valence-corrected chi connectivity index (χ0v) is 11.8. The number of rotatable bonds is 2. The van der Waals surface area contributed by atoms with Crippen molar-refractivity contribution < 1.29 is 4.74 Å². The Morgan fingerprint density at radius 1 is 1.25 bits per heavy atom. The van der Waals surface area contributed by atoms with Gasteiger partial charge in [-0.15, -0.1) is 11.3 Å². The standard InChI is InChI=1S/C12H12BrNOS/c1-7-8(2)10(15-3)5-4-9(7)12-14-11(13)6-16-12/h4-6H,1-3H3. The topological polar surface area (TPSA) is 22.1 Å². The number of hydrogen-bond donors (Lipinski definition) is 0. The number of halogens is 1. The van der Waals surface area contributed by atoms with E-state index in [9.17, 15) is 0 Å². The Bertz CT molecular complexity index is 522. The molecule has 0 aliphatic rings. The van der Waals surface area contributed by atoms with Gasteiger partial charge < -0.3 is 4.74 Å². The lowest BCUT2D eigenvalue weighted by Gasteiger charge is -2.10. The van der Waals surface area contributed by atoms with Crippen LogP contribution in [-0.4, -0.2) is 12.1 Å². The molecule has 2 aromatic rings. The predicted octanol–water partition coefficient (Wildman–Crippen LogP) is 4.20. The van der Waals surface area contributed by atoms with Gasteiger partial charge in [0.25, 0.3) is 0 Å². The fourth-order valence-electron chi connectivity index (χ4n) is 1.63. The van der Waals surface area contributed by atoms with Crippen LogP contribution in [0.25, 0.3) is 10.6 Å². The Morgan fingerprint density at radius 2 is 2.00 bits per heavy atom. The minimum atomic E-state index is 0.889. The quantitative estimate of drug-likeness (QED) is 0.829. The summed E-state index contributed by atoms with van der Waals surface area (Å²) in [6.07, 6.45) is 0. The molecule has 2 nitrogen and oxygen atoms in total. The number of aromatic nitrogens is 1. The molecule has 0 aliphatic carbocycles. The molecule has 1 aromatic carbocycles. The number of thiazole rings is 1. The number of benzene rings is 1. The van der Waals surface area contributed by atoms with Crippen molar-refractivity contribution >= 4 is 27.3 Å². The van der Waals surface area contributed by atoms with E-state index < -0.39 is 0 Å². The Balaban J connectivity index is 2.55. The molecule has 1 aromatic heterocycles. The summed E-state index contributed by atoms with van der Waals surface area (Å²) in [6.45, 7) is 4.17. The third-order valence-corrected chi connectivity index (χ3v) is 4.25. The lowest BCUT2D eigenvalue weighted by molar-refractivity contribution is 0.411. The molecule has 0 unspecified atom stereocenters. The maximum absolute atomic E-state index is 5.30. The zero-order valence-electron chi connectivity index (χ0n) is 9.37. The molecule has 84 valence electrons. The van der Waals surface area contributed by atoms with E-state index in [0.717, 1.165) is 15.4 Å². The Hall–Kier alpha value is -0.870. The van der Waals surface area contributed by atoms with Crippen LogP contribution in [0.1, 0.15) is 11.1 Å². The maximum atomic E-state index is 5.30. The van der Waals surface area contributed by atoms with E-state index in [2.05, 4.69) is 40.8 Å². The summed E-state index contributed by atoms with van der Waals surface area (Å²) in [5, 5.41) is 3.03. The van der Waals surface area contributed by atoms with Crippen LogP contribution < -0.4 is 4.74 Å². The van der Waals surface area contributed by atoms with Crippen molar-refractivity contribution in [1.82, 2.24) is 4.98 Å². The lowest BCUT2D eigenvalue weighted by Crippen LogP contribution is -1.92. The Morgan fingerprint density at radius 3 is 2.56 bits per heavy atom. The molecule has 0 atom stereocenters. The summed E-state index contributed by atoms with van der Waals surface area (Å²) >= 11 is 5.02. The average Bonchev–Trinajstić information content (AvgIpc) is 2.69. The van der Waals surface area contributed by atoms with Crippen LogP contribution in [0.5, 0.6) is 5.75 Å². The second kappa shape index (κ2) is 4.55. The molecule has 0 bridgehead atoms. The summed E-state index contributed by atoms with van der Waals surface area (Å²) < 4.78 is 6.18. The summed E-state index contributed by atoms with van der Waals surface area (Å²) in [6, 6.07) is 4.05. The molecule has 0 saturated heterocycles. The van der Waals surface area contributed by atoms with Gasteiger partial charge >= 0.3 is 0 Å². The van der Waals surface area contributed by atoms with Crippen LogP contribution in [0.2, 0.25) is 0 Å². The van der Waals surface area contributed by atoms with Crippen molar-refractivity contribution in [3.63, 3.8) is 0 Å². The fourth-order valence-corrected chi connectivity index (χ4v) is 2.96. The summed E-state index contributed by atoms with van der Waals surface area (Å²) in [5.41, 5.74) is 3.57. The van der Waals surface area contributed by atoms with Crippen molar-refractivity contribution in [3.05, 3.63) is 33.2 Å². The van der Waals surface area contributed by atoms with Gasteiger partial charge in [-0.1, -0.05) is 0 Å². The highest BCUT2D eigenvalue weighted by atomic mass is 79.9. The summed E-state index contributed by atoms with van der Waals surface area (Å²) in [4.78, 5) is 4.43. The van der Waals surface area contributed by atoms with Crippen molar-refractivity contribution in [1.29, 1.82) is 0 Å². The molecule has 0 fully saturated rings. The van der Waals surface area contributed by atoms with Gasteiger partial charge in [-0.05, 0) is 53.0 Å². The van der Waals surface area contributed by atoms with Gasteiger partial charge in [-0.2, -0.15) is 0 Å².